The average Bonchev–Trinajstić information content (AvgIpc) is 3.53. The molecule has 2 bridgehead atoms. The summed E-state index contributed by atoms with van der Waals surface area (Å²) in [6.45, 7) is 7.14. The third kappa shape index (κ3) is 4.09. The fourth-order valence-electron chi connectivity index (χ4n) is 4.51. The van der Waals surface area contributed by atoms with Gasteiger partial charge in [-0.3, -0.25) is 4.68 Å². The number of piperazine rings is 1. The highest BCUT2D eigenvalue weighted by Crippen LogP contribution is 2.33. The van der Waals surface area contributed by atoms with E-state index in [1.165, 1.54) is 7.11 Å². The summed E-state index contributed by atoms with van der Waals surface area (Å²) in [6, 6.07) is 4.63. The van der Waals surface area contributed by atoms with E-state index in [2.05, 4.69) is 25.6 Å². The normalized spacial score (nSPS) is 19.4. The third-order valence-electron chi connectivity index (χ3n) is 6.08. The number of rotatable bonds is 8. The Hall–Kier alpha value is -3.31. The molecule has 3 aromatic heterocycles. The highest BCUT2D eigenvalue weighted by atomic mass is 16.5. The zero-order chi connectivity index (χ0) is 22.9. The second kappa shape index (κ2) is 8.91. The van der Waals surface area contributed by atoms with Crippen molar-refractivity contribution < 1.29 is 14.3 Å². The van der Waals surface area contributed by atoms with Gasteiger partial charge in [-0.15, -0.1) is 0 Å². The van der Waals surface area contributed by atoms with E-state index in [1.54, 1.807) is 10.9 Å². The van der Waals surface area contributed by atoms with Crippen molar-refractivity contribution in [1.29, 1.82) is 0 Å². The van der Waals surface area contributed by atoms with Crippen LogP contribution < -0.4 is 15.5 Å². The van der Waals surface area contributed by atoms with Gasteiger partial charge in [0.25, 0.3) is 0 Å². The Kier molecular flexibility index (Phi) is 5.81. The summed E-state index contributed by atoms with van der Waals surface area (Å²) < 4.78 is 12.2. The minimum atomic E-state index is -0.538. The second-order valence-corrected chi connectivity index (χ2v) is 8.32. The van der Waals surface area contributed by atoms with Gasteiger partial charge in [-0.05, 0) is 38.0 Å². The zero-order valence-corrected chi connectivity index (χ0v) is 19.0. The standard InChI is InChI=1S/C22H28N8O3/c1-4-33-8-7-30-19-17(18(28-30)21(31)32-3)26-22(29-12-14-10-15(29)11-24-14)27-20(19)25-16-9-13(2)5-6-23-16/h5-6,9,14-15,24H,4,7-8,10-12H2,1-3H3,(H,23,25,26,27)/t14-,15-/m0/s1. The van der Waals surface area contributed by atoms with Gasteiger partial charge in [0.05, 0.1) is 20.3 Å². The fourth-order valence-corrected chi connectivity index (χ4v) is 4.51. The van der Waals surface area contributed by atoms with Gasteiger partial charge in [0.15, 0.2) is 11.5 Å². The molecular weight excluding hydrogens is 424 g/mol. The smallest absolute Gasteiger partial charge is 0.360 e. The van der Waals surface area contributed by atoms with Crippen LogP contribution in [0.5, 0.6) is 0 Å². The van der Waals surface area contributed by atoms with Crippen molar-refractivity contribution in [2.75, 3.05) is 43.6 Å². The van der Waals surface area contributed by atoms with E-state index in [0.717, 1.165) is 25.1 Å². The van der Waals surface area contributed by atoms with Crippen molar-refractivity contribution in [2.24, 2.45) is 0 Å². The van der Waals surface area contributed by atoms with E-state index in [4.69, 9.17) is 19.4 Å². The minimum Gasteiger partial charge on any atom is -0.464 e. The van der Waals surface area contributed by atoms with Crippen LogP contribution in [0.4, 0.5) is 17.6 Å². The molecule has 33 heavy (non-hydrogen) atoms. The van der Waals surface area contributed by atoms with Crippen LogP contribution in [0.25, 0.3) is 11.0 Å². The number of aryl methyl sites for hydroxylation is 1. The summed E-state index contributed by atoms with van der Waals surface area (Å²) in [5.74, 6) is 1.23. The van der Waals surface area contributed by atoms with Crippen molar-refractivity contribution in [3.63, 3.8) is 0 Å². The minimum absolute atomic E-state index is 0.162. The van der Waals surface area contributed by atoms with Gasteiger partial charge < -0.3 is 25.0 Å². The number of hydrogen-bond acceptors (Lipinski definition) is 10. The molecule has 2 atom stereocenters. The lowest BCUT2D eigenvalue weighted by molar-refractivity contribution is 0.0594. The maximum atomic E-state index is 12.6. The van der Waals surface area contributed by atoms with E-state index < -0.39 is 5.97 Å². The molecule has 2 saturated heterocycles. The summed E-state index contributed by atoms with van der Waals surface area (Å²) in [5, 5.41) is 11.4. The lowest BCUT2D eigenvalue weighted by Crippen LogP contribution is -2.44. The highest BCUT2D eigenvalue weighted by Gasteiger charge is 2.39. The van der Waals surface area contributed by atoms with Crippen LogP contribution in [0.3, 0.4) is 0 Å². The molecule has 2 aliphatic heterocycles. The lowest BCUT2D eigenvalue weighted by Gasteiger charge is -2.27. The average molecular weight is 453 g/mol. The van der Waals surface area contributed by atoms with Crippen LogP contribution in [0.2, 0.25) is 0 Å². The highest BCUT2D eigenvalue weighted by molar-refractivity contribution is 6.03. The summed E-state index contributed by atoms with van der Waals surface area (Å²) in [7, 11) is 1.34. The van der Waals surface area contributed by atoms with Crippen molar-refractivity contribution in [1.82, 2.24) is 30.0 Å². The number of anilines is 3. The molecule has 0 aromatic carbocycles. The maximum absolute atomic E-state index is 12.6. The molecule has 0 amide bonds. The molecule has 174 valence electrons. The number of aromatic nitrogens is 5. The fraction of sp³-hybridized carbons (Fsp3) is 0.500. The lowest BCUT2D eigenvalue weighted by atomic mass is 10.2. The summed E-state index contributed by atoms with van der Waals surface area (Å²) >= 11 is 0. The molecule has 11 heteroatoms. The quantitative estimate of drug-likeness (QED) is 0.386. The van der Waals surface area contributed by atoms with Crippen LogP contribution in [-0.4, -0.2) is 76.2 Å². The number of methoxy groups -OCH3 is 1. The predicted molar refractivity (Wildman–Crippen MR) is 123 cm³/mol. The molecule has 0 saturated carbocycles. The van der Waals surface area contributed by atoms with E-state index in [1.807, 2.05) is 26.0 Å². The first-order chi connectivity index (χ1) is 16.1. The molecule has 0 unspecified atom stereocenters. The van der Waals surface area contributed by atoms with Crippen LogP contribution in [0.15, 0.2) is 18.3 Å². The molecule has 5 rings (SSSR count). The Morgan fingerprint density at radius 3 is 2.94 bits per heavy atom. The Labute approximate surface area is 191 Å². The molecule has 11 nitrogen and oxygen atoms in total. The monoisotopic (exact) mass is 452 g/mol. The first-order valence-electron chi connectivity index (χ1n) is 11.2. The number of nitrogens with one attached hydrogen (secondary N) is 2. The molecule has 2 N–H and O–H groups in total. The van der Waals surface area contributed by atoms with Crippen LogP contribution >= 0.6 is 0 Å². The molecule has 5 heterocycles. The van der Waals surface area contributed by atoms with Crippen LogP contribution in [0.1, 0.15) is 29.4 Å². The first-order valence-corrected chi connectivity index (χ1v) is 11.2. The molecule has 0 spiro atoms. The molecular formula is C22H28N8O3. The number of fused-ring (bicyclic) bond motifs is 3. The van der Waals surface area contributed by atoms with Crippen LogP contribution in [0, 0.1) is 6.92 Å². The molecule has 0 aliphatic carbocycles. The second-order valence-electron chi connectivity index (χ2n) is 8.32. The number of pyridine rings is 1. The summed E-state index contributed by atoms with van der Waals surface area (Å²) in [4.78, 5) is 28.9. The Morgan fingerprint density at radius 2 is 2.24 bits per heavy atom. The van der Waals surface area contributed by atoms with Crippen molar-refractivity contribution >= 4 is 34.6 Å². The zero-order valence-electron chi connectivity index (χ0n) is 19.0. The molecule has 3 aromatic rings. The molecule has 2 fully saturated rings. The maximum Gasteiger partial charge on any atom is 0.360 e. The number of ether oxygens (including phenoxy) is 2. The Bertz CT molecular complexity index is 1180. The van der Waals surface area contributed by atoms with Crippen molar-refractivity contribution in [2.45, 2.75) is 38.9 Å². The van der Waals surface area contributed by atoms with Gasteiger partial charge in [0.1, 0.15) is 16.9 Å². The molecule has 2 aliphatic rings. The third-order valence-corrected chi connectivity index (χ3v) is 6.08. The first kappa shape index (κ1) is 21.5. The van der Waals surface area contributed by atoms with Crippen LogP contribution in [-0.2, 0) is 16.0 Å². The number of carbonyl (C=O) groups excluding carboxylic acids is 1. The topological polar surface area (TPSA) is 119 Å². The number of hydrogen-bond donors (Lipinski definition) is 2. The van der Waals surface area contributed by atoms with Crippen molar-refractivity contribution in [3.05, 3.63) is 29.6 Å². The van der Waals surface area contributed by atoms with Gasteiger partial charge in [-0.2, -0.15) is 10.1 Å². The van der Waals surface area contributed by atoms with Gasteiger partial charge in [0, 0.05) is 38.0 Å². The Balaban J connectivity index is 1.65. The Morgan fingerprint density at radius 1 is 1.36 bits per heavy atom. The van der Waals surface area contributed by atoms with Gasteiger partial charge in [-0.25, -0.2) is 14.8 Å². The summed E-state index contributed by atoms with van der Waals surface area (Å²) in [5.41, 5.74) is 2.30. The van der Waals surface area contributed by atoms with Crippen molar-refractivity contribution in [3.8, 4) is 0 Å². The van der Waals surface area contributed by atoms with E-state index >= 15 is 0 Å². The van der Waals surface area contributed by atoms with Gasteiger partial charge >= 0.3 is 5.97 Å². The number of esters is 1. The molecule has 0 radical (unpaired) electrons. The van der Waals surface area contributed by atoms with E-state index in [-0.39, 0.29) is 5.69 Å². The van der Waals surface area contributed by atoms with E-state index in [9.17, 15) is 4.79 Å². The van der Waals surface area contributed by atoms with Gasteiger partial charge in [-0.1, -0.05) is 0 Å². The van der Waals surface area contributed by atoms with E-state index in [0.29, 0.717) is 60.5 Å². The largest absolute Gasteiger partial charge is 0.464 e. The predicted octanol–water partition coefficient (Wildman–Crippen LogP) is 1.65. The van der Waals surface area contributed by atoms with Gasteiger partial charge in [0.2, 0.25) is 5.95 Å². The summed E-state index contributed by atoms with van der Waals surface area (Å²) in [6.07, 6.45) is 2.80. The number of carbonyl (C=O) groups is 1. The SMILES string of the molecule is CCOCCn1nc(C(=O)OC)c2nc(N3C[C@@H]4C[C@H]3CN4)nc(Nc3cc(C)ccn3)c21. The number of nitrogens with zero attached hydrogens (tertiary/aromatic N) is 6.